The Kier molecular flexibility index (Phi) is 6.01. The summed E-state index contributed by atoms with van der Waals surface area (Å²) in [5.74, 6) is 1.77. The van der Waals surface area contributed by atoms with E-state index in [1.165, 1.54) is 5.56 Å². The third kappa shape index (κ3) is 4.76. The molecule has 1 unspecified atom stereocenters. The van der Waals surface area contributed by atoms with Crippen molar-refractivity contribution in [2.24, 2.45) is 4.99 Å². The van der Waals surface area contributed by atoms with Crippen LogP contribution in [0.25, 0.3) is 22.3 Å². The van der Waals surface area contributed by atoms with E-state index in [0.29, 0.717) is 11.6 Å². The summed E-state index contributed by atoms with van der Waals surface area (Å²) in [6, 6.07) is 21.8. The highest BCUT2D eigenvalue weighted by atomic mass is 16.5. The Hall–Kier alpha value is -4.30. The van der Waals surface area contributed by atoms with Gasteiger partial charge in [0.05, 0.1) is 12.1 Å². The molecule has 36 heavy (non-hydrogen) atoms. The highest BCUT2D eigenvalue weighted by molar-refractivity contribution is 5.93. The maximum atomic E-state index is 12.3. The van der Waals surface area contributed by atoms with E-state index < -0.39 is 0 Å². The van der Waals surface area contributed by atoms with Gasteiger partial charge in [0.25, 0.3) is 5.91 Å². The number of nitrogens with zero attached hydrogens (tertiary/aromatic N) is 3. The highest BCUT2D eigenvalue weighted by Crippen LogP contribution is 2.29. The van der Waals surface area contributed by atoms with E-state index in [9.17, 15) is 4.79 Å². The number of hydrogen-bond acceptors (Lipinski definition) is 7. The van der Waals surface area contributed by atoms with Gasteiger partial charge in [0.2, 0.25) is 0 Å². The van der Waals surface area contributed by atoms with E-state index in [1.54, 1.807) is 0 Å². The van der Waals surface area contributed by atoms with Crippen LogP contribution in [0.2, 0.25) is 0 Å². The standard InChI is InChI=1S/C28H26N6O2/c35-26(31-22-10-11-29-16-22)17-36-23-5-3-4-18(13-23)27-33-25-7-2-1-6-24(25)28(34-27)32-21-9-8-19-14-30-15-20(19)12-21/h1-9,12-13,15,22,29H,10-11,14,16-17H2,(H,31,35)(H,32,33,34). The smallest absolute Gasteiger partial charge is 0.258 e. The van der Waals surface area contributed by atoms with Crippen LogP contribution >= 0.6 is 0 Å². The lowest BCUT2D eigenvalue weighted by atomic mass is 10.1. The van der Waals surface area contributed by atoms with Crippen molar-refractivity contribution in [1.29, 1.82) is 0 Å². The summed E-state index contributed by atoms with van der Waals surface area (Å²) in [7, 11) is 0. The Bertz CT molecular complexity index is 1460. The van der Waals surface area contributed by atoms with Crippen molar-refractivity contribution in [2.75, 3.05) is 25.0 Å². The fourth-order valence-electron chi connectivity index (χ4n) is 4.54. The van der Waals surface area contributed by atoms with E-state index in [0.717, 1.165) is 59.6 Å². The topological polar surface area (TPSA) is 101 Å². The van der Waals surface area contributed by atoms with Gasteiger partial charge in [-0.05, 0) is 60.5 Å². The predicted molar refractivity (Wildman–Crippen MR) is 141 cm³/mol. The van der Waals surface area contributed by atoms with Crippen LogP contribution in [0.1, 0.15) is 17.5 Å². The van der Waals surface area contributed by atoms with Gasteiger partial charge in [-0.1, -0.05) is 30.3 Å². The first-order chi connectivity index (χ1) is 17.7. The minimum Gasteiger partial charge on any atom is -0.484 e. The first-order valence-corrected chi connectivity index (χ1v) is 12.1. The molecular weight excluding hydrogens is 452 g/mol. The summed E-state index contributed by atoms with van der Waals surface area (Å²) in [6.45, 7) is 2.42. The van der Waals surface area contributed by atoms with Gasteiger partial charge in [-0.25, -0.2) is 9.97 Å². The molecular formula is C28H26N6O2. The van der Waals surface area contributed by atoms with Crippen LogP contribution in [-0.4, -0.2) is 47.8 Å². The molecule has 0 saturated carbocycles. The third-order valence-corrected chi connectivity index (χ3v) is 6.39. The summed E-state index contributed by atoms with van der Waals surface area (Å²) in [5, 5.41) is 10.6. The van der Waals surface area contributed by atoms with E-state index in [4.69, 9.17) is 14.7 Å². The number of nitrogens with one attached hydrogen (secondary N) is 3. The molecule has 0 bridgehead atoms. The zero-order chi connectivity index (χ0) is 24.3. The summed E-state index contributed by atoms with van der Waals surface area (Å²) in [5.41, 5.74) is 4.93. The molecule has 4 aromatic rings. The lowest BCUT2D eigenvalue weighted by Gasteiger charge is -2.13. The number of aliphatic imine (C=N–C) groups is 1. The molecule has 1 amide bonds. The fourth-order valence-corrected chi connectivity index (χ4v) is 4.54. The SMILES string of the molecule is O=C(COc1cccc(-c2nc(Nc3ccc4c(c3)C=NC4)c3ccccc3n2)c1)NC1CCNC1. The van der Waals surface area contributed by atoms with Crippen LogP contribution in [0, 0.1) is 0 Å². The molecule has 6 rings (SSSR count). The maximum absolute atomic E-state index is 12.3. The zero-order valence-electron chi connectivity index (χ0n) is 19.7. The average Bonchev–Trinajstić information content (AvgIpc) is 3.59. The minimum absolute atomic E-state index is 0.0348. The molecule has 0 radical (unpaired) electrons. The number of aromatic nitrogens is 2. The fraction of sp³-hybridized carbons (Fsp3) is 0.214. The molecule has 3 heterocycles. The highest BCUT2D eigenvalue weighted by Gasteiger charge is 2.17. The lowest BCUT2D eigenvalue weighted by molar-refractivity contribution is -0.123. The number of carbonyl (C=O) groups excluding carboxylic acids is 1. The number of amides is 1. The summed E-state index contributed by atoms with van der Waals surface area (Å²) < 4.78 is 5.78. The number of anilines is 2. The summed E-state index contributed by atoms with van der Waals surface area (Å²) in [4.78, 5) is 26.3. The Balaban J connectivity index is 1.25. The van der Waals surface area contributed by atoms with Gasteiger partial charge in [-0.15, -0.1) is 0 Å². The molecule has 1 saturated heterocycles. The Morgan fingerprint density at radius 1 is 1.06 bits per heavy atom. The second-order valence-electron chi connectivity index (χ2n) is 9.00. The quantitative estimate of drug-likeness (QED) is 0.373. The van der Waals surface area contributed by atoms with Gasteiger partial charge in [0, 0.05) is 35.4 Å². The van der Waals surface area contributed by atoms with Crippen LogP contribution in [0.4, 0.5) is 11.5 Å². The summed E-state index contributed by atoms with van der Waals surface area (Å²) in [6.07, 6.45) is 2.84. The zero-order valence-corrected chi connectivity index (χ0v) is 19.7. The molecule has 0 aliphatic carbocycles. The largest absolute Gasteiger partial charge is 0.484 e. The Morgan fingerprint density at radius 2 is 2.00 bits per heavy atom. The minimum atomic E-state index is -0.123. The molecule has 8 heteroatoms. The van der Waals surface area contributed by atoms with Crippen molar-refractivity contribution in [3.63, 3.8) is 0 Å². The van der Waals surface area contributed by atoms with E-state index in [-0.39, 0.29) is 18.6 Å². The maximum Gasteiger partial charge on any atom is 0.258 e. The van der Waals surface area contributed by atoms with Crippen LogP contribution in [0.3, 0.4) is 0 Å². The van der Waals surface area contributed by atoms with E-state index >= 15 is 0 Å². The van der Waals surface area contributed by atoms with Crippen molar-refractivity contribution in [2.45, 2.75) is 19.0 Å². The molecule has 2 aliphatic rings. The second-order valence-corrected chi connectivity index (χ2v) is 9.00. The summed E-state index contributed by atoms with van der Waals surface area (Å²) >= 11 is 0. The normalized spacial score (nSPS) is 16.2. The van der Waals surface area contributed by atoms with Crippen molar-refractivity contribution in [3.05, 3.63) is 77.9 Å². The molecule has 1 aromatic heterocycles. The van der Waals surface area contributed by atoms with Crippen LogP contribution in [0.15, 0.2) is 71.7 Å². The van der Waals surface area contributed by atoms with Crippen LogP contribution in [-0.2, 0) is 11.3 Å². The number of rotatable bonds is 7. The van der Waals surface area contributed by atoms with Crippen LogP contribution < -0.4 is 20.7 Å². The molecule has 8 nitrogen and oxygen atoms in total. The third-order valence-electron chi connectivity index (χ3n) is 6.39. The average molecular weight is 479 g/mol. The van der Waals surface area contributed by atoms with Crippen molar-refractivity contribution in [3.8, 4) is 17.1 Å². The van der Waals surface area contributed by atoms with E-state index in [2.05, 4.69) is 33.1 Å². The molecule has 1 fully saturated rings. The molecule has 180 valence electrons. The van der Waals surface area contributed by atoms with Gasteiger partial charge in [-0.2, -0.15) is 0 Å². The molecule has 1 atom stereocenters. The molecule has 3 N–H and O–H groups in total. The Morgan fingerprint density at radius 3 is 2.92 bits per heavy atom. The monoisotopic (exact) mass is 478 g/mol. The van der Waals surface area contributed by atoms with Crippen LogP contribution in [0.5, 0.6) is 5.75 Å². The van der Waals surface area contributed by atoms with Gasteiger partial charge < -0.3 is 20.7 Å². The second kappa shape index (κ2) is 9.75. The van der Waals surface area contributed by atoms with Gasteiger partial charge >= 0.3 is 0 Å². The number of carbonyl (C=O) groups is 1. The number of fused-ring (bicyclic) bond motifs is 2. The number of ether oxygens (including phenoxy) is 1. The number of benzene rings is 3. The number of hydrogen-bond donors (Lipinski definition) is 3. The van der Waals surface area contributed by atoms with E-state index in [1.807, 2.05) is 60.8 Å². The molecule has 2 aliphatic heterocycles. The van der Waals surface area contributed by atoms with Gasteiger partial charge in [0.15, 0.2) is 12.4 Å². The Labute approximate surface area is 208 Å². The van der Waals surface area contributed by atoms with Crippen molar-refractivity contribution < 1.29 is 9.53 Å². The molecule has 3 aromatic carbocycles. The first kappa shape index (κ1) is 22.2. The molecule has 0 spiro atoms. The number of para-hydroxylation sites is 1. The van der Waals surface area contributed by atoms with Crippen molar-refractivity contribution >= 4 is 34.5 Å². The van der Waals surface area contributed by atoms with Gasteiger partial charge in [0.1, 0.15) is 11.6 Å². The van der Waals surface area contributed by atoms with Crippen molar-refractivity contribution in [1.82, 2.24) is 20.6 Å². The predicted octanol–water partition coefficient (Wildman–Crippen LogP) is 3.83. The van der Waals surface area contributed by atoms with Gasteiger partial charge in [-0.3, -0.25) is 9.79 Å². The first-order valence-electron chi connectivity index (χ1n) is 12.1. The lowest BCUT2D eigenvalue weighted by Crippen LogP contribution is -2.39.